The fourth-order valence-corrected chi connectivity index (χ4v) is 24.6. The topological polar surface area (TPSA) is 784 Å². The first kappa shape index (κ1) is 96.2. The number of aliphatic hydroxyl groups is 3. The van der Waals surface area contributed by atoms with Crippen molar-refractivity contribution in [3.8, 4) is 0 Å². The lowest BCUT2D eigenvalue weighted by Crippen LogP contribution is -2.35. The molecule has 57 nitrogen and oxygen atoms in total. The van der Waals surface area contributed by atoms with Gasteiger partial charge in [-0.3, -0.25) is 88.4 Å². The molecule has 9 aliphatic rings. The van der Waals surface area contributed by atoms with Crippen LogP contribution in [0.5, 0.6) is 0 Å². The maximum Gasteiger partial charge on any atom is 0.386 e. The summed E-state index contributed by atoms with van der Waals surface area (Å²) < 4.78 is 171. The first-order valence-electron chi connectivity index (χ1n) is 39.2. The van der Waals surface area contributed by atoms with Crippen LogP contribution in [-0.2, 0) is 146 Å². The Labute approximate surface area is 778 Å². The number of H-pyrrole nitrogens is 3. The zero-order valence-electron chi connectivity index (χ0n) is 67.4. The van der Waals surface area contributed by atoms with E-state index >= 15 is 13.2 Å². The molecule has 72 heteroatoms. The number of nitrogen functional groups attached to an aromatic ring is 6. The Morgan fingerprint density at radius 3 is 0.852 bits per heavy atom. The number of hydrogen-bond donors (Lipinski definition) is 18. The number of imidazole rings is 6. The number of alkyl halides is 3. The summed E-state index contributed by atoms with van der Waals surface area (Å²) in [5.41, 5.74) is 35.1. The van der Waals surface area contributed by atoms with Gasteiger partial charge in [-0.25, -0.2) is 62.6 Å². The van der Waals surface area contributed by atoms with Crippen molar-refractivity contribution in [2.75, 3.05) is 74.0 Å². The molecule has 12 aromatic heterocycles. The molecule has 0 aliphatic carbocycles. The zero-order chi connectivity index (χ0) is 95.5. The highest BCUT2D eigenvalue weighted by atomic mass is 32.7. The number of aliphatic hydroxyl groups excluding tert-OH is 3. The van der Waals surface area contributed by atoms with E-state index in [0.717, 1.165) is 0 Å². The van der Waals surface area contributed by atoms with Crippen LogP contribution in [0.2, 0.25) is 0 Å². The van der Waals surface area contributed by atoms with Crippen molar-refractivity contribution < 1.29 is 140 Å². The van der Waals surface area contributed by atoms with E-state index in [2.05, 4.69) is 87.0 Å². The molecule has 21 heterocycles. The van der Waals surface area contributed by atoms with Crippen molar-refractivity contribution in [1.29, 1.82) is 0 Å². The van der Waals surface area contributed by atoms with Crippen LogP contribution in [-0.4, -0.2) is 292 Å². The minimum absolute atomic E-state index is 0.0296. The van der Waals surface area contributed by atoms with E-state index in [4.69, 9.17) is 176 Å². The Kier molecular flexibility index (Phi) is 26.2. The second kappa shape index (κ2) is 36.7. The quantitative estimate of drug-likeness (QED) is 0.0719. The summed E-state index contributed by atoms with van der Waals surface area (Å²) in [7, 11) is 0. The number of rotatable bonds is 6. The molecule has 30 atom stereocenters. The molecule has 9 aliphatic heterocycles. The van der Waals surface area contributed by atoms with E-state index in [1.165, 1.54) is 102 Å². The van der Waals surface area contributed by atoms with E-state index in [-0.39, 0.29) is 68.3 Å². The van der Waals surface area contributed by atoms with Gasteiger partial charge in [0, 0.05) is 18.6 Å². The SMILES string of the molecule is Nc1nc2c(ncn2[C@@H]2O[C@@H]3COP(=O)(S)OC4[C@@H](COP(O)(=S)O[C@H]2C3O)O[C@@H](n2cnc3c(N)ccnc32)[C@H]4F)c(=O)[nH]1.Nc1nc2c(ncn2[C@@H]2O[C@@H]3COP(O)(=S)OC4[C@@H](COP(O)(=S)O[C@H]2C3O)O[C@@H](n2cnc3c(N)ccnc32)[C@H]4F)c(=O)[nH]1.Nc1nc2c(ncn2[C@@H]2O[C@@H]3COP(O)(=S)OC4[C@@H](COP(O)(=S)O[C@H]2C3O)O[C@@H](n2cnc3c(N)ccnc32)[C@H]4F)c(=O)[nH]1. The van der Waals surface area contributed by atoms with Crippen LogP contribution < -0.4 is 51.1 Å². The van der Waals surface area contributed by atoms with Crippen LogP contribution >= 0.6 is 52.6 Å². The molecule has 726 valence electrons. The summed E-state index contributed by atoms with van der Waals surface area (Å²) in [6, 6.07) is 4.58. The first-order chi connectivity index (χ1) is 63.9. The highest BCUT2D eigenvalue weighted by molar-refractivity contribution is 8.44. The number of pyridine rings is 3. The summed E-state index contributed by atoms with van der Waals surface area (Å²) in [6.07, 6.45) is -24.2. The summed E-state index contributed by atoms with van der Waals surface area (Å²) in [6.45, 7) is -29.3. The highest BCUT2D eigenvalue weighted by Crippen LogP contribution is 2.61. The molecule has 9 fully saturated rings. The largest absolute Gasteiger partial charge is 0.397 e. The number of nitrogens with two attached hydrogens (primary N) is 6. The third-order valence-corrected chi connectivity index (χ3v) is 31.6. The smallest absolute Gasteiger partial charge is 0.386 e. The van der Waals surface area contributed by atoms with Crippen LogP contribution in [0.1, 0.15) is 37.4 Å². The van der Waals surface area contributed by atoms with Gasteiger partial charge in [0.15, 0.2) is 106 Å². The molecule has 135 heavy (non-hydrogen) atoms. The molecule has 6 bridgehead atoms. The molecular formula is C63H72F3N27O30P6S6. The molecule has 23 N–H and O–H groups in total. The molecule has 21 rings (SSSR count). The van der Waals surface area contributed by atoms with E-state index in [9.17, 15) is 58.7 Å². The van der Waals surface area contributed by atoms with Crippen molar-refractivity contribution in [3.63, 3.8) is 0 Å². The second-order valence-corrected chi connectivity index (χ2v) is 47.5. The molecule has 12 aromatic rings. The minimum atomic E-state index is -4.39. The summed E-state index contributed by atoms with van der Waals surface area (Å²) in [4.78, 5) is 148. The predicted octanol–water partition coefficient (Wildman–Crippen LogP) is -0.758. The maximum absolute atomic E-state index is 16.0. The Morgan fingerprint density at radius 2 is 0.570 bits per heavy atom. The number of aromatic nitrogens is 21. The highest BCUT2D eigenvalue weighted by Gasteiger charge is 2.59. The van der Waals surface area contributed by atoms with E-state index in [1.807, 2.05) is 0 Å². The number of anilines is 6. The van der Waals surface area contributed by atoms with Crippen molar-refractivity contribution in [1.82, 2.24) is 102 Å². The Morgan fingerprint density at radius 1 is 0.341 bits per heavy atom. The minimum Gasteiger partial charge on any atom is -0.397 e. The van der Waals surface area contributed by atoms with Gasteiger partial charge in [0.1, 0.15) is 108 Å². The standard InChI is InChI=1S/3C21H24FN9O10P2S2/c3*22-10-14-9(39-19(10)30-5-26-11-7(23)1-2-25-16(11)30)4-37-43(35,45)41-15-13(32)8(3-36-42(34,44)40-14)38-20(15)31-6-27-12-17(31)28-21(24)29-18(12)33/h3*1-2,5-6,8-10,13-15,19-20,32H,3-4H2,(H2,23,25)(H,34,44)(H,35,45)(H3,24,28,29,33)/t3*8-,9-,10+,13?,14?,15+,19-,20-,42?,43?/m111/s1. The van der Waals surface area contributed by atoms with Gasteiger partial charge < -0.3 is 125 Å². The van der Waals surface area contributed by atoms with E-state index < -0.39 is 244 Å². The Hall–Kier alpha value is -7.71. The van der Waals surface area contributed by atoms with Gasteiger partial charge in [0.2, 0.25) is 17.8 Å². The molecule has 0 amide bonds. The van der Waals surface area contributed by atoms with Gasteiger partial charge in [-0.05, 0) is 77.2 Å². The third kappa shape index (κ3) is 18.8. The number of thiol groups is 1. The average Bonchev–Trinajstić information content (AvgIpc) is 1.61. The van der Waals surface area contributed by atoms with Crippen molar-refractivity contribution in [3.05, 3.63) is 106 Å². The normalized spacial score (nSPS) is 37.7. The number of aromatic amines is 3. The van der Waals surface area contributed by atoms with Crippen molar-refractivity contribution >= 4 is 214 Å². The van der Waals surface area contributed by atoms with Crippen LogP contribution in [0.4, 0.5) is 48.1 Å². The number of ether oxygens (including phenoxy) is 6. The van der Waals surface area contributed by atoms with Gasteiger partial charge >= 0.3 is 40.4 Å². The lowest BCUT2D eigenvalue weighted by atomic mass is 10.1. The monoisotopic (exact) mass is 2120 g/mol. The fraction of sp³-hybridized carbons (Fsp3) is 0.476. The van der Waals surface area contributed by atoms with E-state index in [0.29, 0.717) is 33.6 Å². The van der Waals surface area contributed by atoms with Crippen LogP contribution in [0.15, 0.2) is 89.1 Å². The Bertz CT molecular complexity index is 6490. The average molecular weight is 2120 g/mol. The number of hydrogen-bond acceptors (Lipinski definition) is 48. The maximum atomic E-state index is 16.0. The summed E-state index contributed by atoms with van der Waals surface area (Å²) >= 11 is 30.0. The van der Waals surface area contributed by atoms with Gasteiger partial charge in [-0.2, -0.15) is 15.0 Å². The number of nitrogens with one attached hydrogen (secondary N) is 3. The van der Waals surface area contributed by atoms with Crippen LogP contribution in [0, 0.1) is 0 Å². The fourth-order valence-electron chi connectivity index (χ4n) is 16.0. The van der Waals surface area contributed by atoms with Crippen molar-refractivity contribution in [2.24, 2.45) is 0 Å². The lowest BCUT2D eigenvalue weighted by Gasteiger charge is -2.27. The summed E-state index contributed by atoms with van der Waals surface area (Å²) in [5, 5.41) is 33.4. The van der Waals surface area contributed by atoms with E-state index in [1.54, 1.807) is 0 Å². The van der Waals surface area contributed by atoms with Crippen molar-refractivity contribution in [2.45, 2.75) is 147 Å². The number of fused-ring (bicyclic) bond motifs is 15. The van der Waals surface area contributed by atoms with Gasteiger partial charge in [0.05, 0.1) is 94.7 Å². The second-order valence-electron chi connectivity index (χ2n) is 30.7. The van der Waals surface area contributed by atoms with Gasteiger partial charge in [-0.1, -0.05) is 12.2 Å². The third-order valence-electron chi connectivity index (χ3n) is 22.2. The molecule has 9 saturated heterocycles. The van der Waals surface area contributed by atoms with Gasteiger partial charge in [-0.15, -0.1) is 0 Å². The summed E-state index contributed by atoms with van der Waals surface area (Å²) in [5.74, 6) is -0.673. The molecule has 0 aromatic carbocycles. The molecular weight excluding hydrogens is 2050 g/mol. The molecule has 0 spiro atoms. The molecule has 0 saturated carbocycles. The molecule has 0 radical (unpaired) electrons. The first-order valence-corrected chi connectivity index (χ1v) is 54.8. The zero-order valence-corrected chi connectivity index (χ0v) is 77.7. The number of nitrogens with zero attached hydrogens (tertiary/aromatic N) is 18. The Balaban J connectivity index is 0.000000130. The molecule has 12 unspecified atom stereocenters. The predicted molar refractivity (Wildman–Crippen MR) is 474 cm³/mol. The van der Waals surface area contributed by atoms with Gasteiger partial charge in [0.25, 0.3) is 16.7 Å². The van der Waals surface area contributed by atoms with Crippen LogP contribution in [0.25, 0.3) is 67.0 Å². The van der Waals surface area contributed by atoms with Crippen LogP contribution in [0.3, 0.4) is 0 Å². The number of halogens is 3. The lowest BCUT2D eigenvalue weighted by molar-refractivity contribution is -0.0602.